The zero-order valence-electron chi connectivity index (χ0n) is 17.9. The van der Waals surface area contributed by atoms with Crippen molar-refractivity contribution in [1.29, 1.82) is 0 Å². The molecule has 0 saturated heterocycles. The van der Waals surface area contributed by atoms with Gasteiger partial charge in [-0.05, 0) is 69.0 Å². The third kappa shape index (κ3) is 4.00. The van der Waals surface area contributed by atoms with E-state index in [2.05, 4.69) is 40.1 Å². The van der Waals surface area contributed by atoms with E-state index in [0.29, 0.717) is 0 Å². The normalized spacial score (nSPS) is 12.6. The van der Waals surface area contributed by atoms with Gasteiger partial charge in [-0.25, -0.2) is 4.98 Å². The topological polar surface area (TPSA) is 69.9 Å². The van der Waals surface area contributed by atoms with Crippen LogP contribution in [-0.2, 0) is 19.4 Å². The van der Waals surface area contributed by atoms with Gasteiger partial charge in [0, 0.05) is 29.6 Å². The fraction of sp³-hybridized carbons (Fsp3) is 0.333. The molecular formula is C24H27ClN4O. The van der Waals surface area contributed by atoms with Crippen molar-refractivity contribution in [3.63, 3.8) is 0 Å². The molecule has 30 heavy (non-hydrogen) atoms. The Hall–Kier alpha value is -2.63. The highest BCUT2D eigenvalue weighted by Gasteiger charge is 2.16. The summed E-state index contributed by atoms with van der Waals surface area (Å²) in [7, 11) is 0. The van der Waals surface area contributed by atoms with Gasteiger partial charge in [-0.1, -0.05) is 35.0 Å². The zero-order chi connectivity index (χ0) is 21.4. The van der Waals surface area contributed by atoms with E-state index in [1.807, 2.05) is 33.8 Å². The lowest BCUT2D eigenvalue weighted by Crippen LogP contribution is -2.23. The van der Waals surface area contributed by atoms with Crippen molar-refractivity contribution >= 4 is 22.6 Å². The summed E-state index contributed by atoms with van der Waals surface area (Å²) in [5, 5.41) is 4.89. The van der Waals surface area contributed by atoms with Gasteiger partial charge in [0.1, 0.15) is 11.6 Å². The van der Waals surface area contributed by atoms with E-state index in [9.17, 15) is 0 Å². The Morgan fingerprint density at radius 1 is 1.10 bits per heavy atom. The average Bonchev–Trinajstić information content (AvgIpc) is 3.21. The van der Waals surface area contributed by atoms with Gasteiger partial charge < -0.3 is 14.8 Å². The monoisotopic (exact) mass is 422 g/mol. The first kappa shape index (κ1) is 20.6. The van der Waals surface area contributed by atoms with Crippen molar-refractivity contribution in [2.45, 2.75) is 53.1 Å². The molecule has 0 aliphatic heterocycles. The van der Waals surface area contributed by atoms with Crippen LogP contribution in [0.5, 0.6) is 0 Å². The Balaban J connectivity index is 1.71. The number of aromatic nitrogens is 3. The molecule has 2 aromatic heterocycles. The molecule has 0 bridgehead atoms. The smallest absolute Gasteiger partial charge is 0.141 e. The third-order valence-corrected chi connectivity index (χ3v) is 5.90. The molecule has 0 fully saturated rings. The van der Waals surface area contributed by atoms with Gasteiger partial charge in [0.25, 0.3) is 0 Å². The number of hydrogen-bond donors (Lipinski definition) is 1. The van der Waals surface area contributed by atoms with Crippen molar-refractivity contribution < 1.29 is 4.52 Å². The minimum absolute atomic E-state index is 0.0391. The van der Waals surface area contributed by atoms with Crippen molar-refractivity contribution in [2.75, 3.05) is 0 Å². The molecule has 2 N–H and O–H groups in total. The summed E-state index contributed by atoms with van der Waals surface area (Å²) in [5.41, 5.74) is 13.5. The molecule has 0 unspecified atom stereocenters. The maximum atomic E-state index is 6.30. The lowest BCUT2D eigenvalue weighted by Gasteiger charge is -2.12. The summed E-state index contributed by atoms with van der Waals surface area (Å²) < 4.78 is 7.59. The van der Waals surface area contributed by atoms with Crippen LogP contribution >= 0.6 is 11.6 Å². The standard InChI is InChI=1S/C24H27ClN4O/c1-14-5-6-18(11-20(14)25)7-10-23-27-21-12-19(24-16(3)28-30-17(24)4)8-9-22(21)29(23)13-15(2)26/h5-6,8-9,11-12,15H,7,10,13,26H2,1-4H3/t15-/m0/s1. The fourth-order valence-corrected chi connectivity index (χ4v) is 4.16. The number of benzene rings is 2. The van der Waals surface area contributed by atoms with E-state index in [0.717, 1.165) is 69.4 Å². The van der Waals surface area contributed by atoms with Crippen molar-refractivity contribution in [3.8, 4) is 11.1 Å². The molecule has 0 saturated carbocycles. The Labute approximate surface area is 181 Å². The second-order valence-electron chi connectivity index (χ2n) is 8.10. The van der Waals surface area contributed by atoms with Gasteiger partial charge >= 0.3 is 0 Å². The maximum absolute atomic E-state index is 6.30. The second kappa shape index (κ2) is 8.25. The number of aryl methyl sites for hydroxylation is 5. The highest BCUT2D eigenvalue weighted by atomic mass is 35.5. The summed E-state index contributed by atoms with van der Waals surface area (Å²) in [6, 6.07) is 12.6. The van der Waals surface area contributed by atoms with Crippen LogP contribution in [0.1, 0.15) is 35.3 Å². The molecule has 5 nitrogen and oxygen atoms in total. The predicted octanol–water partition coefficient (Wildman–Crippen LogP) is 5.40. The largest absolute Gasteiger partial charge is 0.361 e. The van der Waals surface area contributed by atoms with E-state index < -0.39 is 0 Å². The molecule has 0 spiro atoms. The van der Waals surface area contributed by atoms with Gasteiger partial charge in [-0.15, -0.1) is 0 Å². The van der Waals surface area contributed by atoms with E-state index in [-0.39, 0.29) is 6.04 Å². The quantitative estimate of drug-likeness (QED) is 0.451. The predicted molar refractivity (Wildman–Crippen MR) is 122 cm³/mol. The summed E-state index contributed by atoms with van der Waals surface area (Å²) in [4.78, 5) is 4.97. The van der Waals surface area contributed by atoms with E-state index in [1.165, 1.54) is 5.56 Å². The number of halogens is 1. The molecule has 4 aromatic rings. The van der Waals surface area contributed by atoms with E-state index in [4.69, 9.17) is 26.8 Å². The molecule has 0 aliphatic carbocycles. The zero-order valence-corrected chi connectivity index (χ0v) is 18.6. The van der Waals surface area contributed by atoms with Crippen LogP contribution in [0, 0.1) is 20.8 Å². The van der Waals surface area contributed by atoms with Crippen LogP contribution in [0.25, 0.3) is 22.2 Å². The van der Waals surface area contributed by atoms with Crippen LogP contribution in [0.2, 0.25) is 5.02 Å². The van der Waals surface area contributed by atoms with Crippen molar-refractivity contribution in [1.82, 2.24) is 14.7 Å². The van der Waals surface area contributed by atoms with Crippen LogP contribution in [0.3, 0.4) is 0 Å². The summed E-state index contributed by atoms with van der Waals surface area (Å²) >= 11 is 6.30. The Morgan fingerprint density at radius 2 is 1.90 bits per heavy atom. The van der Waals surface area contributed by atoms with Crippen LogP contribution in [-0.4, -0.2) is 20.7 Å². The van der Waals surface area contributed by atoms with Gasteiger partial charge in [0.15, 0.2) is 0 Å². The number of rotatable bonds is 6. The SMILES string of the molecule is Cc1ccc(CCc2nc3cc(-c4c(C)noc4C)ccc3n2C[C@H](C)N)cc1Cl. The van der Waals surface area contributed by atoms with Gasteiger partial charge in [-0.3, -0.25) is 0 Å². The first-order chi connectivity index (χ1) is 14.3. The Kier molecular flexibility index (Phi) is 5.67. The van der Waals surface area contributed by atoms with Crippen LogP contribution < -0.4 is 5.73 Å². The maximum Gasteiger partial charge on any atom is 0.141 e. The van der Waals surface area contributed by atoms with E-state index >= 15 is 0 Å². The number of nitrogens with zero attached hydrogens (tertiary/aromatic N) is 3. The number of nitrogens with two attached hydrogens (primary N) is 1. The number of imidazole rings is 1. The highest BCUT2D eigenvalue weighted by molar-refractivity contribution is 6.31. The summed E-state index contributed by atoms with van der Waals surface area (Å²) in [5.74, 6) is 1.85. The first-order valence-corrected chi connectivity index (χ1v) is 10.6. The minimum atomic E-state index is 0.0391. The minimum Gasteiger partial charge on any atom is -0.361 e. The Bertz CT molecular complexity index is 1190. The van der Waals surface area contributed by atoms with Gasteiger partial charge in [0.05, 0.1) is 16.7 Å². The molecule has 0 aliphatic rings. The second-order valence-corrected chi connectivity index (χ2v) is 8.51. The lowest BCUT2D eigenvalue weighted by molar-refractivity contribution is 0.393. The first-order valence-electron chi connectivity index (χ1n) is 10.3. The summed E-state index contributed by atoms with van der Waals surface area (Å²) in [6.45, 7) is 8.67. The molecule has 6 heteroatoms. The molecule has 2 heterocycles. The van der Waals surface area contributed by atoms with Crippen molar-refractivity contribution in [2.24, 2.45) is 5.73 Å². The van der Waals surface area contributed by atoms with E-state index in [1.54, 1.807) is 0 Å². The fourth-order valence-electron chi connectivity index (χ4n) is 3.96. The van der Waals surface area contributed by atoms with Gasteiger partial charge in [-0.2, -0.15) is 0 Å². The Morgan fingerprint density at radius 3 is 2.57 bits per heavy atom. The average molecular weight is 423 g/mol. The van der Waals surface area contributed by atoms with Crippen molar-refractivity contribution in [3.05, 3.63) is 69.8 Å². The van der Waals surface area contributed by atoms with Crippen LogP contribution in [0.4, 0.5) is 0 Å². The molecule has 4 rings (SSSR count). The summed E-state index contributed by atoms with van der Waals surface area (Å²) in [6.07, 6.45) is 1.69. The molecule has 156 valence electrons. The van der Waals surface area contributed by atoms with Crippen LogP contribution in [0.15, 0.2) is 40.9 Å². The molecular weight excluding hydrogens is 396 g/mol. The number of hydrogen-bond acceptors (Lipinski definition) is 4. The molecule has 0 radical (unpaired) electrons. The lowest BCUT2D eigenvalue weighted by atomic mass is 10.0. The van der Waals surface area contributed by atoms with Gasteiger partial charge in [0.2, 0.25) is 0 Å². The molecule has 0 amide bonds. The molecule has 2 aromatic carbocycles. The third-order valence-electron chi connectivity index (χ3n) is 5.49. The number of fused-ring (bicyclic) bond motifs is 1. The molecule has 1 atom stereocenters. The highest BCUT2D eigenvalue weighted by Crippen LogP contribution is 2.30.